The Morgan fingerprint density at radius 3 is 2.62 bits per heavy atom. The molecule has 2 unspecified atom stereocenters. The Kier molecular flexibility index (Phi) is 3.70. The van der Waals surface area contributed by atoms with E-state index < -0.39 is 0 Å². The van der Waals surface area contributed by atoms with Gasteiger partial charge in [0.05, 0.1) is 12.5 Å². The van der Waals surface area contributed by atoms with Crippen LogP contribution in [-0.2, 0) is 11.3 Å². The lowest BCUT2D eigenvalue weighted by atomic mass is 9.82. The Labute approximate surface area is 143 Å². The number of aromatic amines is 1. The van der Waals surface area contributed by atoms with Crippen molar-refractivity contribution < 1.29 is 9.21 Å². The highest BCUT2D eigenvalue weighted by atomic mass is 32.1. The smallest absolute Gasteiger partial charge is 0.284 e. The third-order valence-electron chi connectivity index (χ3n) is 4.05. The number of rotatable bonds is 3. The minimum Gasteiger partial charge on any atom is -0.408 e. The highest BCUT2D eigenvalue weighted by Gasteiger charge is 2.39. The molecule has 1 aromatic heterocycles. The number of hydrogen-bond acceptors (Lipinski definition) is 5. The number of amides is 1. The second-order valence-electron chi connectivity index (χ2n) is 5.61. The van der Waals surface area contributed by atoms with Crippen LogP contribution in [-0.4, -0.2) is 26.8 Å². The first-order valence-electron chi connectivity index (χ1n) is 7.57. The summed E-state index contributed by atoms with van der Waals surface area (Å²) in [6.07, 6.45) is 7.61. The van der Waals surface area contributed by atoms with Crippen LogP contribution in [0.4, 0.5) is 0 Å². The van der Waals surface area contributed by atoms with E-state index in [1.165, 1.54) is 5.01 Å². The number of carbonyl (C=O) groups is 1. The van der Waals surface area contributed by atoms with Crippen molar-refractivity contribution in [3.8, 4) is 0 Å². The number of nitrogens with zero attached hydrogens (tertiary/aromatic N) is 3. The number of fused-ring (bicyclic) bond motifs is 1. The summed E-state index contributed by atoms with van der Waals surface area (Å²) in [5.74, 6) is -0.231. The molecule has 7 heteroatoms. The molecule has 2 heterocycles. The van der Waals surface area contributed by atoms with Gasteiger partial charge in [0.2, 0.25) is 0 Å². The molecule has 0 fully saturated rings. The minimum atomic E-state index is -0.313. The normalized spacial score (nSPS) is 22.4. The van der Waals surface area contributed by atoms with Crippen LogP contribution in [0.25, 0.3) is 0 Å². The van der Waals surface area contributed by atoms with E-state index in [0.29, 0.717) is 18.1 Å². The van der Waals surface area contributed by atoms with Gasteiger partial charge in [-0.2, -0.15) is 5.10 Å². The summed E-state index contributed by atoms with van der Waals surface area (Å²) in [6, 6.07) is 9.74. The predicted molar refractivity (Wildman–Crippen MR) is 90.5 cm³/mol. The molecule has 0 spiro atoms. The molecule has 1 N–H and O–H groups in total. The molecular formula is C17H14N4O2S. The van der Waals surface area contributed by atoms with Gasteiger partial charge in [0.25, 0.3) is 16.6 Å². The van der Waals surface area contributed by atoms with Gasteiger partial charge in [-0.25, -0.2) is 10.1 Å². The molecule has 1 aliphatic carbocycles. The number of aromatic nitrogens is 2. The Morgan fingerprint density at radius 1 is 1.17 bits per heavy atom. The summed E-state index contributed by atoms with van der Waals surface area (Å²) in [5, 5.41) is 12.7. The van der Waals surface area contributed by atoms with E-state index in [1.54, 1.807) is 0 Å². The fraction of sp³-hybridized carbons (Fsp3) is 0.176. The topological polar surface area (TPSA) is 74.5 Å². The highest BCUT2D eigenvalue weighted by molar-refractivity contribution is 7.71. The van der Waals surface area contributed by atoms with E-state index in [2.05, 4.69) is 15.3 Å². The lowest BCUT2D eigenvalue weighted by molar-refractivity contribution is -0.136. The maximum atomic E-state index is 12.8. The second kappa shape index (κ2) is 6.01. The molecule has 1 aliphatic heterocycles. The molecule has 2 atom stereocenters. The maximum absolute atomic E-state index is 12.8. The Balaban J connectivity index is 1.75. The Hall–Kier alpha value is -2.80. The van der Waals surface area contributed by atoms with Crippen molar-refractivity contribution in [2.75, 3.05) is 0 Å². The summed E-state index contributed by atoms with van der Waals surface area (Å²) in [4.78, 5) is 13.0. The van der Waals surface area contributed by atoms with Crippen molar-refractivity contribution in [3.05, 3.63) is 70.9 Å². The van der Waals surface area contributed by atoms with Crippen molar-refractivity contribution >= 4 is 23.8 Å². The molecular weight excluding hydrogens is 324 g/mol. The van der Waals surface area contributed by atoms with Gasteiger partial charge in [-0.05, 0) is 17.8 Å². The SMILES string of the molecule is O=C1C2C=CC=CC2C(c2n[nH]c(=S)o2)=NN1Cc1ccccc1. The van der Waals surface area contributed by atoms with Gasteiger partial charge in [0.1, 0.15) is 5.71 Å². The molecule has 0 bridgehead atoms. The summed E-state index contributed by atoms with van der Waals surface area (Å²) in [7, 11) is 0. The molecule has 2 aliphatic rings. The molecule has 2 aromatic rings. The molecule has 0 saturated heterocycles. The molecule has 4 rings (SSSR count). The van der Waals surface area contributed by atoms with Crippen molar-refractivity contribution in [1.29, 1.82) is 0 Å². The van der Waals surface area contributed by atoms with E-state index >= 15 is 0 Å². The van der Waals surface area contributed by atoms with Crippen LogP contribution in [0.1, 0.15) is 11.5 Å². The summed E-state index contributed by atoms with van der Waals surface area (Å²) >= 11 is 4.95. The zero-order chi connectivity index (χ0) is 16.5. The van der Waals surface area contributed by atoms with Gasteiger partial charge >= 0.3 is 0 Å². The molecule has 24 heavy (non-hydrogen) atoms. The second-order valence-corrected chi connectivity index (χ2v) is 5.98. The minimum absolute atomic E-state index is 0.0395. The van der Waals surface area contributed by atoms with E-state index in [-0.39, 0.29) is 22.6 Å². The van der Waals surface area contributed by atoms with E-state index in [1.807, 2.05) is 54.6 Å². The number of carbonyl (C=O) groups excluding carboxylic acids is 1. The zero-order valence-electron chi connectivity index (χ0n) is 12.6. The van der Waals surface area contributed by atoms with E-state index in [0.717, 1.165) is 5.56 Å². The average Bonchev–Trinajstić information content (AvgIpc) is 3.05. The number of hydrogen-bond donors (Lipinski definition) is 1. The predicted octanol–water partition coefficient (Wildman–Crippen LogP) is 2.84. The molecule has 6 nitrogen and oxygen atoms in total. The first-order valence-corrected chi connectivity index (χ1v) is 7.98. The fourth-order valence-electron chi connectivity index (χ4n) is 2.92. The highest BCUT2D eigenvalue weighted by Crippen LogP contribution is 2.31. The standard InChI is InChI=1S/C17H14N4O2S/c22-16-13-9-5-4-8-12(13)14(15-18-19-17(24)23-15)20-21(16)10-11-6-2-1-3-7-11/h1-9,12-13H,10H2,(H,19,24). The molecule has 1 aromatic carbocycles. The maximum Gasteiger partial charge on any atom is 0.284 e. The fourth-order valence-corrected chi connectivity index (χ4v) is 3.04. The van der Waals surface area contributed by atoms with Crippen LogP contribution < -0.4 is 0 Å². The summed E-state index contributed by atoms with van der Waals surface area (Å²) < 4.78 is 5.43. The van der Waals surface area contributed by atoms with Crippen LogP contribution in [0.5, 0.6) is 0 Å². The number of nitrogens with one attached hydrogen (secondary N) is 1. The van der Waals surface area contributed by atoms with Gasteiger partial charge in [-0.15, -0.1) is 5.10 Å². The largest absolute Gasteiger partial charge is 0.408 e. The van der Waals surface area contributed by atoms with Gasteiger partial charge in [0, 0.05) is 5.92 Å². The third kappa shape index (κ3) is 2.63. The molecule has 120 valence electrons. The van der Waals surface area contributed by atoms with Gasteiger partial charge in [0.15, 0.2) is 0 Å². The van der Waals surface area contributed by atoms with Crippen LogP contribution in [0.2, 0.25) is 0 Å². The summed E-state index contributed by atoms with van der Waals surface area (Å²) in [5.41, 5.74) is 1.61. The number of benzene rings is 1. The Morgan fingerprint density at radius 2 is 1.92 bits per heavy atom. The van der Waals surface area contributed by atoms with Crippen molar-refractivity contribution in [1.82, 2.24) is 15.2 Å². The van der Waals surface area contributed by atoms with E-state index in [9.17, 15) is 4.79 Å². The molecule has 0 radical (unpaired) electrons. The first-order chi connectivity index (χ1) is 11.7. The van der Waals surface area contributed by atoms with Crippen LogP contribution in [0.3, 0.4) is 0 Å². The van der Waals surface area contributed by atoms with Crippen LogP contribution in [0, 0.1) is 16.7 Å². The zero-order valence-corrected chi connectivity index (χ0v) is 13.4. The average molecular weight is 338 g/mol. The first kappa shape index (κ1) is 14.8. The van der Waals surface area contributed by atoms with Gasteiger partial charge in [-0.3, -0.25) is 4.79 Å². The van der Waals surface area contributed by atoms with Gasteiger partial charge < -0.3 is 4.42 Å². The molecule has 0 saturated carbocycles. The van der Waals surface area contributed by atoms with Crippen molar-refractivity contribution in [2.24, 2.45) is 16.9 Å². The van der Waals surface area contributed by atoms with Crippen LogP contribution >= 0.6 is 12.2 Å². The number of allylic oxidation sites excluding steroid dienone is 3. The lowest BCUT2D eigenvalue weighted by Crippen LogP contribution is -2.43. The number of H-pyrrole nitrogens is 1. The summed E-state index contributed by atoms with van der Waals surface area (Å²) in [6.45, 7) is 0.398. The van der Waals surface area contributed by atoms with Crippen LogP contribution in [0.15, 0.2) is 64.2 Å². The quantitative estimate of drug-likeness (QED) is 0.873. The lowest BCUT2D eigenvalue weighted by Gasteiger charge is -2.33. The molecule has 1 amide bonds. The van der Waals surface area contributed by atoms with Crippen molar-refractivity contribution in [2.45, 2.75) is 6.54 Å². The number of hydrazone groups is 1. The van der Waals surface area contributed by atoms with Gasteiger partial charge in [-0.1, -0.05) is 54.6 Å². The van der Waals surface area contributed by atoms with E-state index in [4.69, 9.17) is 16.6 Å². The Bertz CT molecular complexity index is 910. The monoisotopic (exact) mass is 338 g/mol. The van der Waals surface area contributed by atoms with Crippen molar-refractivity contribution in [3.63, 3.8) is 0 Å². The third-order valence-corrected chi connectivity index (χ3v) is 4.23.